The van der Waals surface area contributed by atoms with E-state index in [0.717, 1.165) is 24.2 Å². The average Bonchev–Trinajstić information content (AvgIpc) is 2.88. The highest BCUT2D eigenvalue weighted by Gasteiger charge is 2.27. The van der Waals surface area contributed by atoms with Crippen molar-refractivity contribution in [1.29, 1.82) is 0 Å². The van der Waals surface area contributed by atoms with E-state index in [1.807, 2.05) is 0 Å². The Hall–Kier alpha value is -1.07. The molecule has 0 aliphatic heterocycles. The molecule has 2 N–H and O–H groups in total. The van der Waals surface area contributed by atoms with E-state index in [1.165, 1.54) is 12.1 Å². The minimum Gasteiger partial charge on any atom is -0.396 e. The molecule has 2 rings (SSSR count). The molecule has 2 atom stereocenters. The van der Waals surface area contributed by atoms with Gasteiger partial charge in [0.2, 0.25) is 5.91 Å². The van der Waals surface area contributed by atoms with E-state index in [4.69, 9.17) is 0 Å². The van der Waals surface area contributed by atoms with Crippen LogP contribution in [0.1, 0.15) is 25.7 Å². The van der Waals surface area contributed by atoms with Crippen LogP contribution in [0, 0.1) is 11.7 Å². The summed E-state index contributed by atoms with van der Waals surface area (Å²) in [6.07, 6.45) is 3.46. The SMILES string of the molecule is O=C(CCSc1ccc(F)cc1)NC1CCCC1CO. The standard InChI is InChI=1S/C15H20FNO2S/c16-12-4-6-13(7-5-12)20-9-8-15(19)17-14-3-1-2-11(14)10-18/h4-7,11,14,18H,1-3,8-10H2,(H,17,19). The van der Waals surface area contributed by atoms with Crippen LogP contribution < -0.4 is 5.32 Å². The van der Waals surface area contributed by atoms with Gasteiger partial charge >= 0.3 is 0 Å². The zero-order valence-corrected chi connectivity index (χ0v) is 12.2. The van der Waals surface area contributed by atoms with Gasteiger partial charge in [-0.25, -0.2) is 4.39 Å². The molecule has 1 fully saturated rings. The minimum atomic E-state index is -0.247. The fourth-order valence-electron chi connectivity index (χ4n) is 2.52. The number of hydrogen-bond acceptors (Lipinski definition) is 3. The normalized spacial score (nSPS) is 21.9. The molecule has 20 heavy (non-hydrogen) atoms. The third-order valence-corrected chi connectivity index (χ3v) is 4.67. The summed E-state index contributed by atoms with van der Waals surface area (Å²) in [5.41, 5.74) is 0. The van der Waals surface area contributed by atoms with Crippen molar-refractivity contribution in [3.8, 4) is 0 Å². The lowest BCUT2D eigenvalue weighted by Gasteiger charge is -2.18. The minimum absolute atomic E-state index is 0.0324. The third-order valence-electron chi connectivity index (χ3n) is 3.65. The Bertz CT molecular complexity index is 438. The van der Waals surface area contributed by atoms with Gasteiger partial charge in [-0.05, 0) is 37.1 Å². The number of hydrogen-bond donors (Lipinski definition) is 2. The maximum atomic E-state index is 12.7. The van der Waals surface area contributed by atoms with Crippen LogP contribution in [0.25, 0.3) is 0 Å². The number of amides is 1. The van der Waals surface area contributed by atoms with Gasteiger partial charge in [-0.15, -0.1) is 11.8 Å². The van der Waals surface area contributed by atoms with Gasteiger partial charge in [-0.1, -0.05) is 6.42 Å². The van der Waals surface area contributed by atoms with Crippen LogP contribution in [0.5, 0.6) is 0 Å². The largest absolute Gasteiger partial charge is 0.396 e. The highest BCUT2D eigenvalue weighted by Crippen LogP contribution is 2.25. The van der Waals surface area contributed by atoms with Gasteiger partial charge in [0.15, 0.2) is 0 Å². The number of halogens is 1. The molecule has 1 aliphatic rings. The summed E-state index contributed by atoms with van der Waals surface area (Å²) in [7, 11) is 0. The first kappa shape index (κ1) is 15.3. The molecule has 0 saturated heterocycles. The number of carbonyl (C=O) groups excluding carboxylic acids is 1. The van der Waals surface area contributed by atoms with Crippen LogP contribution in [0.3, 0.4) is 0 Å². The fraction of sp³-hybridized carbons (Fsp3) is 0.533. The molecule has 1 amide bonds. The maximum Gasteiger partial charge on any atom is 0.221 e. The van der Waals surface area contributed by atoms with Gasteiger partial charge in [0.05, 0.1) is 0 Å². The van der Waals surface area contributed by atoms with Crippen molar-refractivity contribution in [2.75, 3.05) is 12.4 Å². The van der Waals surface area contributed by atoms with E-state index in [2.05, 4.69) is 5.32 Å². The van der Waals surface area contributed by atoms with Crippen LogP contribution in [-0.2, 0) is 4.79 Å². The van der Waals surface area contributed by atoms with Crippen LogP contribution in [-0.4, -0.2) is 29.4 Å². The molecule has 0 radical (unpaired) electrons. The predicted octanol–water partition coefficient (Wildman–Crippen LogP) is 2.59. The van der Waals surface area contributed by atoms with Gasteiger partial charge in [0.1, 0.15) is 5.82 Å². The number of thioether (sulfide) groups is 1. The van der Waals surface area contributed by atoms with Gasteiger partial charge in [-0.2, -0.15) is 0 Å². The summed E-state index contributed by atoms with van der Waals surface area (Å²) < 4.78 is 12.7. The molecular weight excluding hydrogens is 277 g/mol. The Kier molecular flexibility index (Phi) is 5.86. The highest BCUT2D eigenvalue weighted by atomic mass is 32.2. The zero-order chi connectivity index (χ0) is 14.4. The van der Waals surface area contributed by atoms with E-state index in [0.29, 0.717) is 12.2 Å². The van der Waals surface area contributed by atoms with Crippen molar-refractivity contribution >= 4 is 17.7 Å². The number of aliphatic hydroxyl groups excluding tert-OH is 1. The number of nitrogens with one attached hydrogen (secondary N) is 1. The molecule has 0 spiro atoms. The van der Waals surface area contributed by atoms with Crippen molar-refractivity contribution in [3.63, 3.8) is 0 Å². The van der Waals surface area contributed by atoms with Crippen LogP contribution in [0.15, 0.2) is 29.2 Å². The van der Waals surface area contributed by atoms with E-state index in [-0.39, 0.29) is 30.3 Å². The van der Waals surface area contributed by atoms with Crippen molar-refractivity contribution in [3.05, 3.63) is 30.1 Å². The topological polar surface area (TPSA) is 49.3 Å². The fourth-order valence-corrected chi connectivity index (χ4v) is 3.37. The van der Waals surface area contributed by atoms with Crippen molar-refractivity contribution in [2.24, 2.45) is 5.92 Å². The average molecular weight is 297 g/mol. The first-order valence-corrected chi connectivity index (χ1v) is 7.96. The van der Waals surface area contributed by atoms with Crippen LogP contribution in [0.4, 0.5) is 4.39 Å². The molecule has 0 aromatic heterocycles. The summed E-state index contributed by atoms with van der Waals surface area (Å²) in [6.45, 7) is 0.148. The van der Waals surface area contributed by atoms with Crippen LogP contribution >= 0.6 is 11.8 Å². The third kappa shape index (κ3) is 4.49. The van der Waals surface area contributed by atoms with Gasteiger partial charge in [0, 0.05) is 35.6 Å². The Labute approximate surface area is 123 Å². The summed E-state index contributed by atoms with van der Waals surface area (Å²) in [4.78, 5) is 12.8. The van der Waals surface area contributed by atoms with Gasteiger partial charge in [0.25, 0.3) is 0 Å². The molecule has 0 bridgehead atoms. The van der Waals surface area contributed by atoms with Crippen molar-refractivity contribution in [1.82, 2.24) is 5.32 Å². The summed E-state index contributed by atoms with van der Waals surface area (Å²) in [6, 6.07) is 6.41. The number of benzene rings is 1. The van der Waals surface area contributed by atoms with Crippen molar-refractivity contribution < 1.29 is 14.3 Å². The summed E-state index contributed by atoms with van der Waals surface area (Å²) in [5, 5.41) is 12.2. The number of aliphatic hydroxyl groups is 1. The Morgan fingerprint density at radius 3 is 2.80 bits per heavy atom. The number of rotatable bonds is 6. The lowest BCUT2D eigenvalue weighted by molar-refractivity contribution is -0.121. The molecule has 2 unspecified atom stereocenters. The predicted molar refractivity (Wildman–Crippen MR) is 78.1 cm³/mol. The lowest BCUT2D eigenvalue weighted by atomic mass is 10.1. The zero-order valence-electron chi connectivity index (χ0n) is 11.3. The number of carbonyl (C=O) groups is 1. The molecule has 3 nitrogen and oxygen atoms in total. The molecule has 5 heteroatoms. The van der Waals surface area contributed by atoms with E-state index in [1.54, 1.807) is 23.9 Å². The van der Waals surface area contributed by atoms with Gasteiger partial charge < -0.3 is 10.4 Å². The quantitative estimate of drug-likeness (QED) is 0.794. The molecule has 1 aromatic carbocycles. The highest BCUT2D eigenvalue weighted by molar-refractivity contribution is 7.99. The smallest absolute Gasteiger partial charge is 0.221 e. The Morgan fingerprint density at radius 2 is 2.10 bits per heavy atom. The van der Waals surface area contributed by atoms with E-state index < -0.39 is 0 Å². The second kappa shape index (κ2) is 7.64. The maximum absolute atomic E-state index is 12.7. The second-order valence-electron chi connectivity index (χ2n) is 5.10. The molecule has 1 aliphatic carbocycles. The van der Waals surface area contributed by atoms with Crippen molar-refractivity contribution in [2.45, 2.75) is 36.6 Å². The molecule has 1 aromatic rings. The van der Waals surface area contributed by atoms with E-state index >= 15 is 0 Å². The van der Waals surface area contributed by atoms with Gasteiger partial charge in [-0.3, -0.25) is 4.79 Å². The van der Waals surface area contributed by atoms with E-state index in [9.17, 15) is 14.3 Å². The van der Waals surface area contributed by atoms with Crippen LogP contribution in [0.2, 0.25) is 0 Å². The monoisotopic (exact) mass is 297 g/mol. The summed E-state index contributed by atoms with van der Waals surface area (Å²) in [5.74, 6) is 0.672. The Balaban J connectivity index is 1.68. The first-order chi connectivity index (χ1) is 9.69. The Morgan fingerprint density at radius 1 is 1.35 bits per heavy atom. The lowest BCUT2D eigenvalue weighted by Crippen LogP contribution is -2.38. The second-order valence-corrected chi connectivity index (χ2v) is 6.27. The molecular formula is C15H20FNO2S. The molecule has 1 saturated carbocycles. The first-order valence-electron chi connectivity index (χ1n) is 6.97. The molecule has 0 heterocycles. The summed E-state index contributed by atoms with van der Waals surface area (Å²) >= 11 is 1.55. The molecule has 110 valence electrons.